The van der Waals surface area contributed by atoms with E-state index in [1.165, 1.54) is 54.6 Å². The molecule has 0 bridgehead atoms. The van der Waals surface area contributed by atoms with Gasteiger partial charge < -0.3 is 0 Å². The van der Waals surface area contributed by atoms with Crippen LogP contribution in [0.1, 0.15) is 25.0 Å². The first-order valence-electron chi connectivity index (χ1n) is 14.7. The maximum atomic E-state index is 5.16. The van der Waals surface area contributed by atoms with Gasteiger partial charge in [0.1, 0.15) is 5.82 Å². The Morgan fingerprint density at radius 1 is 0.500 bits per heavy atom. The first-order valence-corrected chi connectivity index (χ1v) is 14.7. The molecule has 9 rings (SSSR count). The molecule has 0 saturated carbocycles. The molecule has 0 amide bonds. The highest BCUT2D eigenvalue weighted by Gasteiger charge is 2.36. The van der Waals surface area contributed by atoms with Crippen LogP contribution in [0.4, 0.5) is 0 Å². The van der Waals surface area contributed by atoms with E-state index in [0.29, 0.717) is 0 Å². The van der Waals surface area contributed by atoms with Crippen molar-refractivity contribution in [3.8, 4) is 28.2 Å². The molecule has 198 valence electrons. The Kier molecular flexibility index (Phi) is 4.70. The van der Waals surface area contributed by atoms with E-state index in [2.05, 4.69) is 152 Å². The van der Waals surface area contributed by atoms with Crippen molar-refractivity contribution in [2.24, 2.45) is 0 Å². The number of aromatic nitrogens is 2. The molecular weight excluding hydrogens is 508 g/mol. The highest BCUT2D eigenvalue weighted by Crippen LogP contribution is 2.52. The van der Waals surface area contributed by atoms with Gasteiger partial charge in [-0.15, -0.1) is 0 Å². The smallest absolute Gasteiger partial charge is 0.145 e. The van der Waals surface area contributed by atoms with E-state index in [1.807, 2.05) is 0 Å². The predicted molar refractivity (Wildman–Crippen MR) is 177 cm³/mol. The minimum absolute atomic E-state index is 0.148. The van der Waals surface area contributed by atoms with Crippen LogP contribution in [-0.2, 0) is 5.41 Å². The molecule has 1 aromatic heterocycles. The van der Waals surface area contributed by atoms with Crippen molar-refractivity contribution in [2.45, 2.75) is 19.3 Å². The maximum absolute atomic E-state index is 5.16. The van der Waals surface area contributed by atoms with Crippen LogP contribution in [0.5, 0.6) is 0 Å². The fourth-order valence-electron chi connectivity index (χ4n) is 7.33. The van der Waals surface area contributed by atoms with Crippen LogP contribution in [0.25, 0.3) is 71.6 Å². The van der Waals surface area contributed by atoms with Crippen molar-refractivity contribution < 1.29 is 0 Å². The first-order chi connectivity index (χ1) is 20.6. The maximum Gasteiger partial charge on any atom is 0.145 e. The average Bonchev–Trinajstić information content (AvgIpc) is 3.53. The van der Waals surface area contributed by atoms with Gasteiger partial charge in [-0.25, -0.2) is 4.98 Å². The third kappa shape index (κ3) is 3.12. The van der Waals surface area contributed by atoms with Gasteiger partial charge in [0, 0.05) is 16.7 Å². The zero-order valence-electron chi connectivity index (χ0n) is 23.6. The average molecular weight is 537 g/mol. The van der Waals surface area contributed by atoms with Crippen LogP contribution >= 0.6 is 0 Å². The third-order valence-corrected chi connectivity index (χ3v) is 9.37. The molecule has 0 saturated heterocycles. The van der Waals surface area contributed by atoms with Gasteiger partial charge in [-0.2, -0.15) is 0 Å². The van der Waals surface area contributed by atoms with Crippen molar-refractivity contribution in [3.63, 3.8) is 0 Å². The monoisotopic (exact) mass is 536 g/mol. The molecule has 1 aliphatic rings. The van der Waals surface area contributed by atoms with Crippen molar-refractivity contribution in [3.05, 3.63) is 145 Å². The third-order valence-electron chi connectivity index (χ3n) is 9.37. The van der Waals surface area contributed by atoms with Crippen LogP contribution in [0, 0.1) is 0 Å². The topological polar surface area (TPSA) is 17.8 Å². The SMILES string of the molecule is CC1(C)c2cc(-c3nc4ccccc4n3-c3ccccc3)ccc2-c2cc3c4ccccc4c4ccccc4c3cc21. The van der Waals surface area contributed by atoms with Crippen LogP contribution in [0.3, 0.4) is 0 Å². The summed E-state index contributed by atoms with van der Waals surface area (Å²) in [6.07, 6.45) is 0. The number of rotatable bonds is 2. The van der Waals surface area contributed by atoms with Gasteiger partial charge >= 0.3 is 0 Å². The number of nitrogens with zero attached hydrogens (tertiary/aromatic N) is 2. The molecule has 0 radical (unpaired) electrons. The number of imidazole rings is 1. The molecule has 2 heteroatoms. The lowest BCUT2D eigenvalue weighted by Gasteiger charge is -2.23. The van der Waals surface area contributed by atoms with E-state index < -0.39 is 0 Å². The van der Waals surface area contributed by atoms with E-state index in [1.54, 1.807) is 0 Å². The Labute approximate surface area is 244 Å². The summed E-state index contributed by atoms with van der Waals surface area (Å²) in [5, 5.41) is 7.91. The van der Waals surface area contributed by atoms with E-state index in [-0.39, 0.29) is 5.41 Å². The normalized spacial score (nSPS) is 13.7. The van der Waals surface area contributed by atoms with Gasteiger partial charge in [0.05, 0.1) is 11.0 Å². The van der Waals surface area contributed by atoms with Gasteiger partial charge in [0.25, 0.3) is 0 Å². The Morgan fingerprint density at radius 3 is 1.79 bits per heavy atom. The molecule has 0 N–H and O–H groups in total. The standard InChI is InChI=1S/C40H28N2/c1-40(2)35-22-25(39-41-37-18-10-11-19-38(37)42(39)26-12-4-3-5-13-26)20-21-31(35)34-23-32-29-16-8-6-14-27(29)28-15-7-9-17-30(28)33(32)24-36(34)40/h3-24H,1-2H3. The largest absolute Gasteiger partial charge is 0.292 e. The quantitative estimate of drug-likeness (QED) is 0.201. The first kappa shape index (κ1) is 23.5. The zero-order valence-corrected chi connectivity index (χ0v) is 23.6. The van der Waals surface area contributed by atoms with E-state index in [4.69, 9.17) is 4.98 Å². The van der Waals surface area contributed by atoms with Gasteiger partial charge in [0.15, 0.2) is 0 Å². The van der Waals surface area contributed by atoms with Crippen molar-refractivity contribution in [1.82, 2.24) is 9.55 Å². The summed E-state index contributed by atoms with van der Waals surface area (Å²) in [6, 6.07) is 48.6. The summed E-state index contributed by atoms with van der Waals surface area (Å²) >= 11 is 0. The van der Waals surface area contributed by atoms with Crippen LogP contribution in [-0.4, -0.2) is 9.55 Å². The lowest BCUT2D eigenvalue weighted by Crippen LogP contribution is -2.15. The number of hydrogen-bond acceptors (Lipinski definition) is 1. The second-order valence-corrected chi connectivity index (χ2v) is 12.0. The van der Waals surface area contributed by atoms with Crippen LogP contribution in [0.15, 0.2) is 133 Å². The van der Waals surface area contributed by atoms with Gasteiger partial charge in [-0.05, 0) is 97.0 Å². The molecule has 0 atom stereocenters. The molecule has 8 aromatic rings. The highest BCUT2D eigenvalue weighted by molar-refractivity contribution is 6.26. The molecule has 2 nitrogen and oxygen atoms in total. The Bertz CT molecular complexity index is 2370. The van der Waals surface area contributed by atoms with Gasteiger partial charge in [0.2, 0.25) is 0 Å². The van der Waals surface area contributed by atoms with Crippen molar-refractivity contribution in [2.75, 3.05) is 0 Å². The summed E-state index contributed by atoms with van der Waals surface area (Å²) < 4.78 is 2.29. The summed E-state index contributed by atoms with van der Waals surface area (Å²) in [4.78, 5) is 5.16. The molecule has 1 aliphatic carbocycles. The molecule has 1 heterocycles. The van der Waals surface area contributed by atoms with Crippen molar-refractivity contribution in [1.29, 1.82) is 0 Å². The van der Waals surface area contributed by atoms with E-state index in [9.17, 15) is 0 Å². The Hall–Kier alpha value is -5.21. The highest BCUT2D eigenvalue weighted by atomic mass is 15.1. The number of para-hydroxylation sites is 3. The second kappa shape index (κ2) is 8.41. The minimum Gasteiger partial charge on any atom is -0.292 e. The molecule has 0 aliphatic heterocycles. The summed E-state index contributed by atoms with van der Waals surface area (Å²) in [6.45, 7) is 4.74. The van der Waals surface area contributed by atoms with Gasteiger partial charge in [-0.1, -0.05) is 105 Å². The summed E-state index contributed by atoms with van der Waals surface area (Å²) in [7, 11) is 0. The number of benzene rings is 7. The van der Waals surface area contributed by atoms with E-state index in [0.717, 1.165) is 28.1 Å². The fraction of sp³-hybridized carbons (Fsp3) is 0.0750. The summed E-state index contributed by atoms with van der Waals surface area (Å²) in [5.74, 6) is 0.971. The zero-order chi connectivity index (χ0) is 28.0. The molecule has 0 spiro atoms. The lowest BCUT2D eigenvalue weighted by molar-refractivity contribution is 0.661. The predicted octanol–water partition coefficient (Wildman–Crippen LogP) is 10.5. The molecule has 7 aromatic carbocycles. The fourth-order valence-corrected chi connectivity index (χ4v) is 7.33. The van der Waals surface area contributed by atoms with E-state index >= 15 is 0 Å². The molecule has 0 fully saturated rings. The Morgan fingerprint density at radius 2 is 1.07 bits per heavy atom. The number of fused-ring (bicyclic) bond motifs is 10. The molecule has 42 heavy (non-hydrogen) atoms. The van der Waals surface area contributed by atoms with Crippen LogP contribution in [0.2, 0.25) is 0 Å². The minimum atomic E-state index is -0.148. The number of hydrogen-bond donors (Lipinski definition) is 0. The molecule has 0 unspecified atom stereocenters. The molecular formula is C40H28N2. The summed E-state index contributed by atoms with van der Waals surface area (Å²) in [5.41, 5.74) is 9.63. The van der Waals surface area contributed by atoms with Crippen LogP contribution < -0.4 is 0 Å². The Balaban J connectivity index is 1.30. The second-order valence-electron chi connectivity index (χ2n) is 12.0. The van der Waals surface area contributed by atoms with Crippen molar-refractivity contribution >= 4 is 43.4 Å². The van der Waals surface area contributed by atoms with Gasteiger partial charge in [-0.3, -0.25) is 4.57 Å². The lowest BCUT2D eigenvalue weighted by atomic mass is 9.80.